The van der Waals surface area contributed by atoms with E-state index in [1.165, 1.54) is 20.3 Å². The molecule has 2 aromatic rings. The third kappa shape index (κ3) is 2.27. The van der Waals surface area contributed by atoms with E-state index in [4.69, 9.17) is 0 Å². The van der Waals surface area contributed by atoms with Gasteiger partial charge in [-0.2, -0.15) is 0 Å². The van der Waals surface area contributed by atoms with Crippen LogP contribution in [0, 0.1) is 3.57 Å². The quantitative estimate of drug-likeness (QED) is 0.660. The van der Waals surface area contributed by atoms with Gasteiger partial charge in [-0.1, -0.05) is 66.8 Å². The van der Waals surface area contributed by atoms with Gasteiger partial charge in [-0.3, -0.25) is 0 Å². The van der Waals surface area contributed by atoms with Gasteiger partial charge in [0.05, 0.1) is 0 Å². The van der Waals surface area contributed by atoms with Crippen molar-refractivity contribution in [3.63, 3.8) is 0 Å². The molecule has 0 saturated heterocycles. The average molecular weight is 344 g/mol. The second-order valence-corrected chi connectivity index (χ2v) is 5.56. The molecule has 1 heteroatoms. The van der Waals surface area contributed by atoms with Crippen molar-refractivity contribution >= 4 is 22.6 Å². The Kier molecular flexibility index (Phi) is 3.33. The standard InChI is InChI=1S/C17H13I/c18-17-8-4-3-7-16(17)15-11-9-14(10-12-15)13-5-1-2-6-13/h1-13H. The first-order chi connectivity index (χ1) is 8.84. The van der Waals surface area contributed by atoms with Crippen LogP contribution in [0.25, 0.3) is 11.1 Å². The number of hydrogen-bond donors (Lipinski definition) is 0. The van der Waals surface area contributed by atoms with Gasteiger partial charge in [-0.05, 0) is 45.3 Å². The smallest absolute Gasteiger partial charge is 0.0208 e. The second kappa shape index (κ2) is 5.11. The molecular weight excluding hydrogens is 331 g/mol. The lowest BCUT2D eigenvalue weighted by atomic mass is 9.97. The van der Waals surface area contributed by atoms with Crippen LogP contribution in [0.2, 0.25) is 0 Å². The molecule has 0 saturated carbocycles. The zero-order valence-electron chi connectivity index (χ0n) is 9.88. The molecule has 0 fully saturated rings. The van der Waals surface area contributed by atoms with E-state index in [0.29, 0.717) is 5.92 Å². The van der Waals surface area contributed by atoms with Crippen molar-refractivity contribution in [1.29, 1.82) is 0 Å². The first kappa shape index (κ1) is 11.7. The number of hydrogen-bond acceptors (Lipinski definition) is 0. The molecule has 0 spiro atoms. The van der Waals surface area contributed by atoms with Gasteiger partial charge in [-0.15, -0.1) is 0 Å². The molecule has 18 heavy (non-hydrogen) atoms. The molecule has 3 rings (SSSR count). The summed E-state index contributed by atoms with van der Waals surface area (Å²) in [5, 5.41) is 0. The highest BCUT2D eigenvalue weighted by Crippen LogP contribution is 2.28. The third-order valence-corrected chi connectivity index (χ3v) is 4.17. The molecule has 88 valence electrons. The Hall–Kier alpha value is -1.35. The third-order valence-electron chi connectivity index (χ3n) is 3.23. The van der Waals surface area contributed by atoms with E-state index in [2.05, 4.69) is 95.4 Å². The fraction of sp³-hybridized carbons (Fsp3) is 0.0588. The molecule has 1 aliphatic carbocycles. The van der Waals surface area contributed by atoms with Crippen LogP contribution in [-0.2, 0) is 0 Å². The summed E-state index contributed by atoms with van der Waals surface area (Å²) >= 11 is 2.39. The Balaban J connectivity index is 1.94. The molecule has 0 aromatic heterocycles. The first-order valence-electron chi connectivity index (χ1n) is 6.04. The highest BCUT2D eigenvalue weighted by atomic mass is 127. The van der Waals surface area contributed by atoms with E-state index in [-0.39, 0.29) is 0 Å². The van der Waals surface area contributed by atoms with Gasteiger partial charge in [-0.25, -0.2) is 0 Å². The van der Waals surface area contributed by atoms with Gasteiger partial charge in [0.1, 0.15) is 0 Å². The highest BCUT2D eigenvalue weighted by molar-refractivity contribution is 14.1. The summed E-state index contributed by atoms with van der Waals surface area (Å²) in [6.07, 6.45) is 8.67. The van der Waals surface area contributed by atoms with Gasteiger partial charge < -0.3 is 0 Å². The van der Waals surface area contributed by atoms with Gasteiger partial charge in [0.15, 0.2) is 0 Å². The second-order valence-electron chi connectivity index (χ2n) is 4.40. The Bertz CT molecular complexity index is 594. The molecule has 0 heterocycles. The fourth-order valence-electron chi connectivity index (χ4n) is 2.23. The number of rotatable bonds is 2. The zero-order valence-corrected chi connectivity index (χ0v) is 12.0. The molecule has 1 aliphatic rings. The van der Waals surface area contributed by atoms with Crippen molar-refractivity contribution in [2.24, 2.45) is 0 Å². The van der Waals surface area contributed by atoms with Gasteiger partial charge in [0, 0.05) is 9.49 Å². The summed E-state index contributed by atoms with van der Waals surface area (Å²) in [5.74, 6) is 0.453. The van der Waals surface area contributed by atoms with Crippen LogP contribution < -0.4 is 0 Å². The monoisotopic (exact) mass is 344 g/mol. The minimum Gasteiger partial charge on any atom is -0.0732 e. The van der Waals surface area contributed by atoms with Gasteiger partial charge in [0.2, 0.25) is 0 Å². The van der Waals surface area contributed by atoms with E-state index in [0.717, 1.165) is 0 Å². The van der Waals surface area contributed by atoms with E-state index >= 15 is 0 Å². The van der Waals surface area contributed by atoms with Crippen molar-refractivity contribution in [3.8, 4) is 11.1 Å². The average Bonchev–Trinajstić information content (AvgIpc) is 2.94. The molecule has 0 bridgehead atoms. The predicted molar refractivity (Wildman–Crippen MR) is 85.6 cm³/mol. The van der Waals surface area contributed by atoms with E-state index in [1.54, 1.807) is 0 Å². The lowest BCUT2D eigenvalue weighted by molar-refractivity contribution is 1.10. The Morgan fingerprint density at radius 3 is 2.11 bits per heavy atom. The minimum atomic E-state index is 0.453. The largest absolute Gasteiger partial charge is 0.0732 e. The molecular formula is C17H13I. The molecule has 0 radical (unpaired) electrons. The van der Waals surface area contributed by atoms with Crippen LogP contribution in [-0.4, -0.2) is 0 Å². The lowest BCUT2D eigenvalue weighted by Crippen LogP contribution is -1.89. The maximum atomic E-state index is 2.39. The molecule has 2 aromatic carbocycles. The normalized spacial score (nSPS) is 14.3. The SMILES string of the molecule is Ic1ccccc1-c1ccc(C2C=CC=C2)cc1. The summed E-state index contributed by atoms with van der Waals surface area (Å²) in [7, 11) is 0. The van der Waals surface area contributed by atoms with Crippen LogP contribution in [0.5, 0.6) is 0 Å². The van der Waals surface area contributed by atoms with Crippen molar-refractivity contribution in [1.82, 2.24) is 0 Å². The number of halogens is 1. The van der Waals surface area contributed by atoms with Crippen molar-refractivity contribution in [3.05, 3.63) is 82.0 Å². The molecule has 0 atom stereocenters. The molecule has 0 nitrogen and oxygen atoms in total. The van der Waals surface area contributed by atoms with Crippen molar-refractivity contribution < 1.29 is 0 Å². The van der Waals surface area contributed by atoms with Crippen LogP contribution >= 0.6 is 22.6 Å². The maximum Gasteiger partial charge on any atom is 0.0208 e. The highest BCUT2D eigenvalue weighted by Gasteiger charge is 2.07. The zero-order chi connectivity index (χ0) is 12.4. The minimum absolute atomic E-state index is 0.453. The van der Waals surface area contributed by atoms with Crippen LogP contribution in [0.4, 0.5) is 0 Å². The number of allylic oxidation sites excluding steroid dienone is 4. The molecule has 0 amide bonds. The van der Waals surface area contributed by atoms with E-state index in [9.17, 15) is 0 Å². The number of benzene rings is 2. The van der Waals surface area contributed by atoms with Gasteiger partial charge in [0.25, 0.3) is 0 Å². The van der Waals surface area contributed by atoms with Crippen LogP contribution in [0.3, 0.4) is 0 Å². The first-order valence-corrected chi connectivity index (χ1v) is 7.12. The van der Waals surface area contributed by atoms with E-state index in [1.807, 2.05) is 0 Å². The predicted octanol–water partition coefficient (Wildman–Crippen LogP) is 5.17. The Labute approximate surface area is 121 Å². The lowest BCUT2D eigenvalue weighted by Gasteiger charge is -2.08. The molecule has 0 unspecified atom stereocenters. The summed E-state index contributed by atoms with van der Waals surface area (Å²) in [4.78, 5) is 0. The molecule has 0 aliphatic heterocycles. The van der Waals surface area contributed by atoms with E-state index < -0.39 is 0 Å². The molecule has 0 N–H and O–H groups in total. The Morgan fingerprint density at radius 2 is 1.44 bits per heavy atom. The fourth-order valence-corrected chi connectivity index (χ4v) is 2.93. The van der Waals surface area contributed by atoms with Crippen LogP contribution in [0.1, 0.15) is 11.5 Å². The summed E-state index contributed by atoms with van der Waals surface area (Å²) in [6.45, 7) is 0. The Morgan fingerprint density at radius 1 is 0.778 bits per heavy atom. The van der Waals surface area contributed by atoms with Gasteiger partial charge >= 0.3 is 0 Å². The van der Waals surface area contributed by atoms with Crippen molar-refractivity contribution in [2.45, 2.75) is 5.92 Å². The topological polar surface area (TPSA) is 0 Å². The van der Waals surface area contributed by atoms with Crippen LogP contribution in [0.15, 0.2) is 72.8 Å². The maximum absolute atomic E-state index is 2.39. The summed E-state index contributed by atoms with van der Waals surface area (Å²) in [6, 6.07) is 17.4. The van der Waals surface area contributed by atoms with Crippen molar-refractivity contribution in [2.75, 3.05) is 0 Å². The summed E-state index contributed by atoms with van der Waals surface area (Å²) < 4.78 is 1.29. The summed E-state index contributed by atoms with van der Waals surface area (Å²) in [5.41, 5.74) is 3.95.